The van der Waals surface area contributed by atoms with E-state index in [9.17, 15) is 18.0 Å². The summed E-state index contributed by atoms with van der Waals surface area (Å²) >= 11 is 0. The van der Waals surface area contributed by atoms with Gasteiger partial charge in [0.1, 0.15) is 6.54 Å². The van der Waals surface area contributed by atoms with Gasteiger partial charge < -0.3 is 9.47 Å². The van der Waals surface area contributed by atoms with Gasteiger partial charge in [-0.2, -0.15) is 4.31 Å². The van der Waals surface area contributed by atoms with Gasteiger partial charge >= 0.3 is 11.9 Å². The van der Waals surface area contributed by atoms with E-state index < -0.39 is 34.5 Å². The number of hydrogen-bond acceptors (Lipinski definition) is 7. The number of esters is 2. The van der Waals surface area contributed by atoms with Gasteiger partial charge in [0.2, 0.25) is 10.0 Å². The van der Waals surface area contributed by atoms with Crippen molar-refractivity contribution in [2.24, 2.45) is 0 Å². The van der Waals surface area contributed by atoms with Gasteiger partial charge in [0, 0.05) is 5.56 Å². The molecule has 0 aliphatic carbocycles. The zero-order valence-corrected chi connectivity index (χ0v) is 20.2. The fourth-order valence-corrected chi connectivity index (χ4v) is 4.99. The highest BCUT2D eigenvalue weighted by molar-refractivity contribution is 7.89. The third-order valence-electron chi connectivity index (χ3n) is 5.37. The second-order valence-corrected chi connectivity index (χ2v) is 9.49. The number of ether oxygens (including phenoxy) is 2. The van der Waals surface area contributed by atoms with Gasteiger partial charge in [-0.05, 0) is 38.1 Å². The zero-order valence-electron chi connectivity index (χ0n) is 19.4. The quantitative estimate of drug-likeness (QED) is 0.450. The van der Waals surface area contributed by atoms with Crippen molar-refractivity contribution in [2.45, 2.75) is 24.8 Å². The predicted octanol–water partition coefficient (Wildman–Crippen LogP) is 3.77. The number of sulfonamides is 1. The Labute approximate surface area is 199 Å². The Bertz CT molecular complexity index is 1270. The van der Waals surface area contributed by atoms with Crippen LogP contribution in [0.4, 0.5) is 0 Å². The molecule has 0 saturated carbocycles. The average Bonchev–Trinajstić information content (AvgIpc) is 2.86. The van der Waals surface area contributed by atoms with E-state index >= 15 is 0 Å². The Hall–Kier alpha value is -3.56. The van der Waals surface area contributed by atoms with Gasteiger partial charge in [0.25, 0.3) is 0 Å². The number of carbonyl (C=O) groups excluding carboxylic acids is 2. The molecule has 8 nitrogen and oxygen atoms in total. The van der Waals surface area contributed by atoms with Crippen LogP contribution in [0.5, 0.6) is 0 Å². The minimum atomic E-state index is -4.16. The number of hydrogen-bond donors (Lipinski definition) is 0. The molecule has 0 saturated heterocycles. The minimum absolute atomic E-state index is 0.00712. The number of benzene rings is 2. The molecule has 0 fully saturated rings. The van der Waals surface area contributed by atoms with Crippen molar-refractivity contribution >= 4 is 22.0 Å². The van der Waals surface area contributed by atoms with E-state index in [1.807, 2.05) is 37.3 Å². The van der Waals surface area contributed by atoms with E-state index in [1.165, 1.54) is 26.4 Å². The molecule has 1 heterocycles. The summed E-state index contributed by atoms with van der Waals surface area (Å²) in [5.41, 5.74) is 2.47. The van der Waals surface area contributed by atoms with E-state index in [2.05, 4.69) is 4.98 Å². The lowest BCUT2D eigenvalue weighted by atomic mass is 10.0. The zero-order chi connectivity index (χ0) is 24.9. The van der Waals surface area contributed by atoms with Crippen LogP contribution in [0.25, 0.3) is 11.3 Å². The maximum absolute atomic E-state index is 13.6. The summed E-state index contributed by atoms with van der Waals surface area (Å²) in [4.78, 5) is 29.4. The number of aromatic nitrogens is 1. The van der Waals surface area contributed by atoms with Crippen molar-refractivity contribution in [1.82, 2.24) is 9.29 Å². The highest BCUT2D eigenvalue weighted by Gasteiger charge is 2.35. The Morgan fingerprint density at radius 3 is 2.18 bits per heavy atom. The number of nitrogens with zero attached hydrogens (tertiary/aromatic N) is 2. The molecule has 178 valence electrons. The number of methoxy groups -OCH3 is 2. The number of rotatable bonds is 8. The highest BCUT2D eigenvalue weighted by atomic mass is 32.2. The van der Waals surface area contributed by atoms with E-state index in [4.69, 9.17) is 9.47 Å². The second kappa shape index (κ2) is 10.6. The second-order valence-electron chi connectivity index (χ2n) is 7.60. The van der Waals surface area contributed by atoms with Gasteiger partial charge in [0.05, 0.1) is 42.1 Å². The van der Waals surface area contributed by atoms with Crippen molar-refractivity contribution in [3.8, 4) is 11.3 Å². The molecule has 3 aromatic rings. The molecule has 0 N–H and O–H groups in total. The van der Waals surface area contributed by atoms with Gasteiger partial charge in [0.15, 0.2) is 0 Å². The SMILES string of the molecule is COC(=O)CN(C(C)c1nc(-c2ccccc2)ccc1C(=O)OC)S(=O)(=O)c1ccc(C)cc1. The summed E-state index contributed by atoms with van der Waals surface area (Å²) in [6.45, 7) is 2.84. The Morgan fingerprint density at radius 2 is 1.59 bits per heavy atom. The van der Waals surface area contributed by atoms with E-state index in [-0.39, 0.29) is 16.2 Å². The molecule has 1 atom stereocenters. The first-order valence-electron chi connectivity index (χ1n) is 10.5. The van der Waals surface area contributed by atoms with E-state index in [1.54, 1.807) is 31.2 Å². The maximum atomic E-state index is 13.6. The smallest absolute Gasteiger partial charge is 0.339 e. The summed E-state index contributed by atoms with van der Waals surface area (Å²) in [6.07, 6.45) is 0. The molecule has 0 radical (unpaired) electrons. The molecule has 2 aromatic carbocycles. The van der Waals surface area contributed by atoms with Crippen LogP contribution in [-0.2, 0) is 24.3 Å². The summed E-state index contributed by atoms with van der Waals surface area (Å²) in [6, 6.07) is 17.7. The van der Waals surface area contributed by atoms with Crippen LogP contribution < -0.4 is 0 Å². The van der Waals surface area contributed by atoms with Crippen molar-refractivity contribution in [3.05, 3.63) is 83.6 Å². The third kappa shape index (κ3) is 5.32. The molecule has 0 spiro atoms. The van der Waals surface area contributed by atoms with Crippen LogP contribution in [0.3, 0.4) is 0 Å². The molecule has 0 aliphatic heterocycles. The van der Waals surface area contributed by atoms with Gasteiger partial charge in [-0.3, -0.25) is 9.78 Å². The fraction of sp³-hybridized carbons (Fsp3) is 0.240. The fourth-order valence-electron chi connectivity index (χ4n) is 3.45. The van der Waals surface area contributed by atoms with Crippen LogP contribution in [0.2, 0.25) is 0 Å². The molecule has 0 amide bonds. The lowest BCUT2D eigenvalue weighted by molar-refractivity contribution is -0.141. The summed E-state index contributed by atoms with van der Waals surface area (Å²) in [7, 11) is -1.74. The molecule has 3 rings (SSSR count). The monoisotopic (exact) mass is 482 g/mol. The molecule has 0 aliphatic rings. The molecular formula is C25H26N2O6S. The largest absolute Gasteiger partial charge is 0.468 e. The highest BCUT2D eigenvalue weighted by Crippen LogP contribution is 2.31. The first-order valence-corrected chi connectivity index (χ1v) is 11.9. The standard InChI is InChI=1S/C25H26N2O6S/c1-17-10-12-20(13-11-17)34(30,31)27(16-23(28)32-3)18(2)24-21(25(29)33-4)14-15-22(26-24)19-8-6-5-7-9-19/h5-15,18H,16H2,1-4H3. The molecule has 1 aromatic heterocycles. The number of pyridine rings is 1. The molecule has 9 heteroatoms. The average molecular weight is 483 g/mol. The summed E-state index contributed by atoms with van der Waals surface area (Å²) in [5, 5.41) is 0. The minimum Gasteiger partial charge on any atom is -0.468 e. The molecule has 1 unspecified atom stereocenters. The molecule has 34 heavy (non-hydrogen) atoms. The predicted molar refractivity (Wildman–Crippen MR) is 127 cm³/mol. The van der Waals surface area contributed by atoms with E-state index in [0.717, 1.165) is 15.4 Å². The van der Waals surface area contributed by atoms with Crippen LogP contribution >= 0.6 is 0 Å². The summed E-state index contributed by atoms with van der Waals surface area (Å²) < 4.78 is 37.8. The molecule has 0 bridgehead atoms. The van der Waals surface area contributed by atoms with Crippen LogP contribution in [0.1, 0.15) is 34.6 Å². The van der Waals surface area contributed by atoms with Crippen LogP contribution in [0, 0.1) is 6.92 Å². The van der Waals surface area contributed by atoms with E-state index in [0.29, 0.717) is 5.69 Å². The van der Waals surface area contributed by atoms with Crippen molar-refractivity contribution in [1.29, 1.82) is 0 Å². The molecular weight excluding hydrogens is 456 g/mol. The maximum Gasteiger partial charge on any atom is 0.339 e. The Morgan fingerprint density at radius 1 is 0.941 bits per heavy atom. The van der Waals surface area contributed by atoms with Gasteiger partial charge in [-0.25, -0.2) is 13.2 Å². The van der Waals surface area contributed by atoms with Crippen molar-refractivity contribution in [3.63, 3.8) is 0 Å². The first kappa shape index (κ1) is 25.1. The van der Waals surface area contributed by atoms with Crippen LogP contribution in [-0.4, -0.2) is 50.4 Å². The topological polar surface area (TPSA) is 103 Å². The summed E-state index contributed by atoms with van der Waals surface area (Å²) in [5.74, 6) is -1.42. The third-order valence-corrected chi connectivity index (χ3v) is 7.30. The van der Waals surface area contributed by atoms with Crippen molar-refractivity contribution in [2.75, 3.05) is 20.8 Å². The first-order chi connectivity index (χ1) is 16.2. The lowest BCUT2D eigenvalue weighted by Gasteiger charge is -2.28. The Kier molecular flexibility index (Phi) is 7.80. The van der Waals surface area contributed by atoms with Crippen LogP contribution in [0.15, 0.2) is 71.6 Å². The lowest BCUT2D eigenvalue weighted by Crippen LogP contribution is -2.39. The van der Waals surface area contributed by atoms with Crippen molar-refractivity contribution < 1.29 is 27.5 Å². The van der Waals surface area contributed by atoms with Gasteiger partial charge in [-0.15, -0.1) is 0 Å². The number of aryl methyl sites for hydroxylation is 1. The normalized spacial score (nSPS) is 12.3. The Balaban J connectivity index is 2.17. The number of carbonyl (C=O) groups is 2. The van der Waals surface area contributed by atoms with Gasteiger partial charge in [-0.1, -0.05) is 48.0 Å².